The first-order valence-electron chi connectivity index (χ1n) is 5.75. The topological polar surface area (TPSA) is 96.0 Å². The molecule has 0 atom stereocenters. The Bertz CT molecular complexity index is 773. The normalized spacial score (nSPS) is 11.2. The number of hydrogen-bond donors (Lipinski definition) is 2. The zero-order valence-corrected chi connectivity index (χ0v) is 12.4. The van der Waals surface area contributed by atoms with Crippen LogP contribution in [0.1, 0.15) is 16.7 Å². The molecule has 0 radical (unpaired) electrons. The largest absolute Gasteiger partial charge is 0.398 e. The molecule has 0 bridgehead atoms. The minimum Gasteiger partial charge on any atom is -0.398 e. The van der Waals surface area contributed by atoms with Crippen LogP contribution in [0.2, 0.25) is 0 Å². The second-order valence-corrected chi connectivity index (χ2v) is 6.75. The van der Waals surface area contributed by atoms with Crippen molar-refractivity contribution in [2.45, 2.75) is 18.4 Å². The number of nitrogens with two attached hydrogens (primary N) is 1. The number of nitriles is 1. The van der Waals surface area contributed by atoms with Crippen LogP contribution >= 0.6 is 11.3 Å². The highest BCUT2D eigenvalue weighted by Crippen LogP contribution is 2.20. The number of hydrogen-bond acceptors (Lipinski definition) is 5. The van der Waals surface area contributed by atoms with Crippen LogP contribution in [0.5, 0.6) is 0 Å². The quantitative estimate of drug-likeness (QED) is 0.844. The molecule has 7 heteroatoms. The predicted molar refractivity (Wildman–Crippen MR) is 78.7 cm³/mol. The maximum atomic E-state index is 12.2. The summed E-state index contributed by atoms with van der Waals surface area (Å²) in [6, 6.07) is 6.04. The van der Waals surface area contributed by atoms with E-state index < -0.39 is 10.0 Å². The van der Waals surface area contributed by atoms with Gasteiger partial charge >= 0.3 is 0 Å². The average molecular weight is 307 g/mol. The summed E-state index contributed by atoms with van der Waals surface area (Å²) >= 11 is 1.53. The Hall–Kier alpha value is -1.88. The smallest absolute Gasteiger partial charge is 0.242 e. The van der Waals surface area contributed by atoms with E-state index in [1.807, 2.05) is 23.8 Å². The van der Waals surface area contributed by atoms with Crippen molar-refractivity contribution >= 4 is 27.0 Å². The van der Waals surface area contributed by atoms with Crippen molar-refractivity contribution in [2.75, 3.05) is 5.73 Å². The van der Waals surface area contributed by atoms with Crippen LogP contribution in [0.3, 0.4) is 0 Å². The number of thiophene rings is 1. The summed E-state index contributed by atoms with van der Waals surface area (Å²) in [5.74, 6) is 0. The lowest BCUT2D eigenvalue weighted by Gasteiger charge is -2.09. The van der Waals surface area contributed by atoms with Gasteiger partial charge in [-0.15, -0.1) is 0 Å². The van der Waals surface area contributed by atoms with Crippen LogP contribution in [0, 0.1) is 18.3 Å². The SMILES string of the molecule is Cc1cscc1CNS(=O)(=O)c1ccc(C#N)cc1N. The number of nitrogens with one attached hydrogen (secondary N) is 1. The zero-order valence-electron chi connectivity index (χ0n) is 10.8. The van der Waals surface area contributed by atoms with E-state index >= 15 is 0 Å². The van der Waals surface area contributed by atoms with Crippen molar-refractivity contribution in [3.8, 4) is 6.07 Å². The Kier molecular flexibility index (Phi) is 4.09. The van der Waals surface area contributed by atoms with Gasteiger partial charge in [-0.05, 0) is 47.0 Å². The summed E-state index contributed by atoms with van der Waals surface area (Å²) in [4.78, 5) is -0.00983. The molecule has 5 nitrogen and oxygen atoms in total. The third kappa shape index (κ3) is 2.99. The van der Waals surface area contributed by atoms with Gasteiger partial charge in [-0.1, -0.05) is 0 Å². The van der Waals surface area contributed by atoms with Crippen molar-refractivity contribution in [3.63, 3.8) is 0 Å². The Morgan fingerprint density at radius 1 is 1.40 bits per heavy atom. The van der Waals surface area contributed by atoms with E-state index in [9.17, 15) is 8.42 Å². The van der Waals surface area contributed by atoms with Crippen molar-refractivity contribution in [1.82, 2.24) is 4.72 Å². The number of nitrogens with zero attached hydrogens (tertiary/aromatic N) is 1. The second-order valence-electron chi connectivity index (χ2n) is 4.27. The number of benzene rings is 1. The molecule has 0 saturated heterocycles. The van der Waals surface area contributed by atoms with Crippen LogP contribution in [-0.2, 0) is 16.6 Å². The van der Waals surface area contributed by atoms with E-state index in [-0.39, 0.29) is 17.1 Å². The summed E-state index contributed by atoms with van der Waals surface area (Å²) in [6.07, 6.45) is 0. The molecule has 2 aromatic rings. The fourth-order valence-corrected chi connectivity index (χ4v) is 3.66. The van der Waals surface area contributed by atoms with E-state index in [0.717, 1.165) is 11.1 Å². The summed E-state index contributed by atoms with van der Waals surface area (Å²) in [6.45, 7) is 2.15. The van der Waals surface area contributed by atoms with Crippen LogP contribution < -0.4 is 10.5 Å². The number of sulfonamides is 1. The molecule has 0 amide bonds. The van der Waals surface area contributed by atoms with Gasteiger partial charge in [0, 0.05) is 6.54 Å². The van der Waals surface area contributed by atoms with Crippen LogP contribution in [0.4, 0.5) is 5.69 Å². The maximum absolute atomic E-state index is 12.2. The van der Waals surface area contributed by atoms with Gasteiger partial charge in [-0.3, -0.25) is 0 Å². The first kappa shape index (κ1) is 14.5. The molecule has 0 unspecified atom stereocenters. The number of anilines is 1. The molecule has 2 rings (SSSR count). The van der Waals surface area contributed by atoms with Crippen molar-refractivity contribution in [1.29, 1.82) is 5.26 Å². The first-order valence-corrected chi connectivity index (χ1v) is 8.17. The molecule has 0 fully saturated rings. The van der Waals surface area contributed by atoms with Gasteiger partial charge in [-0.25, -0.2) is 13.1 Å². The lowest BCUT2D eigenvalue weighted by molar-refractivity contribution is 0.581. The standard InChI is InChI=1S/C13H13N3O2S2/c1-9-7-19-8-11(9)6-16-20(17,18)13-3-2-10(5-14)4-12(13)15/h2-4,7-8,16H,6,15H2,1H3. The minimum absolute atomic E-state index is 0.00983. The van der Waals surface area contributed by atoms with E-state index in [0.29, 0.717) is 5.56 Å². The molecule has 0 saturated carbocycles. The molecule has 3 N–H and O–H groups in total. The van der Waals surface area contributed by atoms with Crippen LogP contribution in [0.25, 0.3) is 0 Å². The Morgan fingerprint density at radius 3 is 2.70 bits per heavy atom. The molecule has 0 aliphatic heterocycles. The highest BCUT2D eigenvalue weighted by molar-refractivity contribution is 7.89. The fraction of sp³-hybridized carbons (Fsp3) is 0.154. The van der Waals surface area contributed by atoms with Crippen molar-refractivity contribution in [2.24, 2.45) is 0 Å². The van der Waals surface area contributed by atoms with Crippen LogP contribution in [-0.4, -0.2) is 8.42 Å². The lowest BCUT2D eigenvalue weighted by Crippen LogP contribution is -2.24. The highest BCUT2D eigenvalue weighted by atomic mass is 32.2. The zero-order chi connectivity index (χ0) is 14.8. The predicted octanol–water partition coefficient (Wildman–Crippen LogP) is 1.99. The molecule has 1 aromatic heterocycles. The number of aryl methyl sites for hydroxylation is 1. The van der Waals surface area contributed by atoms with Gasteiger partial charge in [0.1, 0.15) is 4.90 Å². The van der Waals surface area contributed by atoms with E-state index in [1.54, 1.807) is 0 Å². The highest BCUT2D eigenvalue weighted by Gasteiger charge is 2.17. The third-order valence-electron chi connectivity index (χ3n) is 2.84. The summed E-state index contributed by atoms with van der Waals surface area (Å²) in [5.41, 5.74) is 8.07. The molecule has 1 heterocycles. The van der Waals surface area contributed by atoms with Gasteiger partial charge in [0.2, 0.25) is 10.0 Å². The molecular formula is C13H13N3O2S2. The Morgan fingerprint density at radius 2 is 2.15 bits per heavy atom. The van der Waals surface area contributed by atoms with Crippen molar-refractivity contribution in [3.05, 3.63) is 45.6 Å². The van der Waals surface area contributed by atoms with Crippen LogP contribution in [0.15, 0.2) is 33.9 Å². The third-order valence-corrected chi connectivity index (χ3v) is 5.23. The van der Waals surface area contributed by atoms with Gasteiger partial charge in [0.15, 0.2) is 0 Å². The van der Waals surface area contributed by atoms with Crippen molar-refractivity contribution < 1.29 is 8.42 Å². The maximum Gasteiger partial charge on any atom is 0.242 e. The van der Waals surface area contributed by atoms with E-state index in [2.05, 4.69) is 4.72 Å². The summed E-state index contributed by atoms with van der Waals surface area (Å²) < 4.78 is 26.9. The Labute approximate surface area is 121 Å². The van der Waals surface area contributed by atoms with E-state index in [1.165, 1.54) is 29.5 Å². The summed E-state index contributed by atoms with van der Waals surface area (Å²) in [5, 5.41) is 12.6. The molecule has 0 spiro atoms. The van der Waals surface area contributed by atoms with Gasteiger partial charge in [0.05, 0.1) is 17.3 Å². The minimum atomic E-state index is -3.69. The molecule has 0 aliphatic carbocycles. The second kappa shape index (κ2) is 5.63. The van der Waals surface area contributed by atoms with Gasteiger partial charge in [0.25, 0.3) is 0 Å². The average Bonchev–Trinajstić information content (AvgIpc) is 2.81. The summed E-state index contributed by atoms with van der Waals surface area (Å²) in [7, 11) is -3.69. The number of nitrogen functional groups attached to an aromatic ring is 1. The first-order chi connectivity index (χ1) is 9.44. The number of rotatable bonds is 4. The van der Waals surface area contributed by atoms with E-state index in [4.69, 9.17) is 11.0 Å². The molecule has 20 heavy (non-hydrogen) atoms. The molecule has 0 aliphatic rings. The fourth-order valence-electron chi connectivity index (χ4n) is 1.68. The molecule has 104 valence electrons. The van der Waals surface area contributed by atoms with Gasteiger partial charge < -0.3 is 5.73 Å². The lowest BCUT2D eigenvalue weighted by atomic mass is 10.2. The van der Waals surface area contributed by atoms with Gasteiger partial charge in [-0.2, -0.15) is 16.6 Å². The molecule has 1 aromatic carbocycles. The Balaban J connectivity index is 2.23. The monoisotopic (exact) mass is 307 g/mol. The molecular weight excluding hydrogens is 294 g/mol.